The molecule has 1 atom stereocenters. The van der Waals surface area contributed by atoms with Gasteiger partial charge in [0.1, 0.15) is 0 Å². The Hall–Kier alpha value is -1.50. The summed E-state index contributed by atoms with van der Waals surface area (Å²) >= 11 is 1.72. The van der Waals surface area contributed by atoms with Gasteiger partial charge in [-0.15, -0.1) is 11.3 Å². The highest BCUT2D eigenvalue weighted by Gasteiger charge is 2.15. The van der Waals surface area contributed by atoms with E-state index in [0.717, 1.165) is 56.2 Å². The van der Waals surface area contributed by atoms with Crippen LogP contribution in [0.4, 0.5) is 0 Å². The molecule has 1 aliphatic rings. The molecule has 0 spiro atoms. The molecule has 2 heterocycles. The summed E-state index contributed by atoms with van der Waals surface area (Å²) in [7, 11) is 0. The first kappa shape index (κ1) is 17.3. The zero-order valence-corrected chi connectivity index (χ0v) is 15.0. The van der Waals surface area contributed by atoms with Crippen LogP contribution in [0.15, 0.2) is 24.3 Å². The number of benzene rings is 1. The van der Waals surface area contributed by atoms with Crippen molar-refractivity contribution in [3.8, 4) is 0 Å². The van der Waals surface area contributed by atoms with Crippen molar-refractivity contribution >= 4 is 27.5 Å². The van der Waals surface area contributed by atoms with Crippen molar-refractivity contribution in [2.75, 3.05) is 32.8 Å². The molecule has 0 bridgehead atoms. The van der Waals surface area contributed by atoms with E-state index in [1.807, 2.05) is 18.2 Å². The van der Waals surface area contributed by atoms with Gasteiger partial charge in [0.25, 0.3) is 0 Å². The van der Waals surface area contributed by atoms with Crippen molar-refractivity contribution in [2.45, 2.75) is 32.2 Å². The smallest absolute Gasteiger partial charge is 0.220 e. The summed E-state index contributed by atoms with van der Waals surface area (Å²) in [4.78, 5) is 19.0. The highest BCUT2D eigenvalue weighted by molar-refractivity contribution is 7.18. The third kappa shape index (κ3) is 5.00. The summed E-state index contributed by atoms with van der Waals surface area (Å²) in [5.74, 6) is 0.136. The van der Waals surface area contributed by atoms with Gasteiger partial charge in [-0.1, -0.05) is 12.1 Å². The van der Waals surface area contributed by atoms with Gasteiger partial charge in [-0.3, -0.25) is 9.69 Å². The molecular weight excluding hydrogens is 322 g/mol. The van der Waals surface area contributed by atoms with Crippen LogP contribution >= 0.6 is 11.3 Å². The first-order valence-corrected chi connectivity index (χ1v) is 9.46. The van der Waals surface area contributed by atoms with Crippen molar-refractivity contribution in [1.82, 2.24) is 15.2 Å². The predicted octanol–water partition coefficient (Wildman–Crippen LogP) is 2.46. The quantitative estimate of drug-likeness (QED) is 0.836. The molecule has 1 saturated heterocycles. The molecule has 130 valence electrons. The Labute approximate surface area is 147 Å². The van der Waals surface area contributed by atoms with Gasteiger partial charge in [-0.2, -0.15) is 0 Å². The van der Waals surface area contributed by atoms with Crippen LogP contribution in [0.25, 0.3) is 10.2 Å². The number of hydrogen-bond donors (Lipinski definition) is 1. The Balaban J connectivity index is 1.37. The number of fused-ring (bicyclic) bond motifs is 1. The second-order valence-electron chi connectivity index (χ2n) is 6.31. The maximum atomic E-state index is 12.1. The number of amides is 1. The van der Waals surface area contributed by atoms with Crippen molar-refractivity contribution in [2.24, 2.45) is 0 Å². The van der Waals surface area contributed by atoms with Gasteiger partial charge >= 0.3 is 0 Å². The molecule has 0 unspecified atom stereocenters. The van der Waals surface area contributed by atoms with Crippen LogP contribution in [-0.2, 0) is 16.0 Å². The normalized spacial score (nSPS) is 17.0. The van der Waals surface area contributed by atoms with E-state index in [1.54, 1.807) is 11.3 Å². The van der Waals surface area contributed by atoms with Crippen molar-refractivity contribution in [3.63, 3.8) is 0 Å². The van der Waals surface area contributed by atoms with Crippen LogP contribution in [0.1, 0.15) is 24.8 Å². The molecule has 3 rings (SSSR count). The first-order chi connectivity index (χ1) is 11.7. The highest BCUT2D eigenvalue weighted by atomic mass is 32.1. The first-order valence-electron chi connectivity index (χ1n) is 8.64. The van der Waals surface area contributed by atoms with Crippen LogP contribution in [0.5, 0.6) is 0 Å². The molecule has 2 aromatic rings. The molecule has 24 heavy (non-hydrogen) atoms. The monoisotopic (exact) mass is 347 g/mol. The standard InChI is InChI=1S/C18H25N3O2S/c1-14(13-21-9-11-23-12-10-21)19-17(22)7-4-8-18-20-15-5-2-3-6-16(15)24-18/h2-3,5-6,14H,4,7-13H2,1H3,(H,19,22)/t14-/m0/s1. The number of nitrogens with one attached hydrogen (secondary N) is 1. The van der Waals surface area contributed by atoms with Crippen LogP contribution in [0, 0.1) is 0 Å². The van der Waals surface area contributed by atoms with E-state index < -0.39 is 0 Å². The van der Waals surface area contributed by atoms with E-state index in [4.69, 9.17) is 4.74 Å². The van der Waals surface area contributed by atoms with Crippen molar-refractivity contribution < 1.29 is 9.53 Å². The largest absolute Gasteiger partial charge is 0.379 e. The van der Waals surface area contributed by atoms with Gasteiger partial charge in [-0.25, -0.2) is 4.98 Å². The summed E-state index contributed by atoms with van der Waals surface area (Å²) in [6, 6.07) is 8.35. The number of morpholine rings is 1. The second-order valence-corrected chi connectivity index (χ2v) is 7.43. The summed E-state index contributed by atoms with van der Waals surface area (Å²) in [5.41, 5.74) is 1.06. The maximum Gasteiger partial charge on any atom is 0.220 e. The number of rotatable bonds is 7. The Morgan fingerprint density at radius 2 is 2.17 bits per heavy atom. The van der Waals surface area contributed by atoms with E-state index in [2.05, 4.69) is 28.2 Å². The molecule has 0 radical (unpaired) electrons. The number of hydrogen-bond acceptors (Lipinski definition) is 5. The number of ether oxygens (including phenoxy) is 1. The van der Waals surface area contributed by atoms with Gasteiger partial charge in [0.05, 0.1) is 28.4 Å². The number of carbonyl (C=O) groups is 1. The summed E-state index contributed by atoms with van der Waals surface area (Å²) in [6.07, 6.45) is 2.27. The lowest BCUT2D eigenvalue weighted by molar-refractivity contribution is -0.121. The van der Waals surface area contributed by atoms with E-state index in [1.165, 1.54) is 4.70 Å². The Bertz CT molecular complexity index is 634. The van der Waals surface area contributed by atoms with E-state index in [-0.39, 0.29) is 11.9 Å². The number of nitrogens with zero attached hydrogens (tertiary/aromatic N) is 2. The molecule has 1 aliphatic heterocycles. The Kier molecular flexibility index (Phi) is 6.18. The van der Waals surface area contributed by atoms with Gasteiger partial charge < -0.3 is 10.1 Å². The highest BCUT2D eigenvalue weighted by Crippen LogP contribution is 2.22. The molecule has 1 aromatic heterocycles. The summed E-state index contributed by atoms with van der Waals surface area (Å²) in [5, 5.41) is 4.22. The molecule has 6 heteroatoms. The lowest BCUT2D eigenvalue weighted by atomic mass is 10.2. The van der Waals surface area contributed by atoms with Gasteiger partial charge in [-0.05, 0) is 31.9 Å². The number of para-hydroxylation sites is 1. The van der Waals surface area contributed by atoms with Gasteiger partial charge in [0.2, 0.25) is 5.91 Å². The Morgan fingerprint density at radius 1 is 1.38 bits per heavy atom. The zero-order valence-electron chi connectivity index (χ0n) is 14.2. The third-order valence-electron chi connectivity index (χ3n) is 4.18. The van der Waals surface area contributed by atoms with Crippen molar-refractivity contribution in [3.05, 3.63) is 29.3 Å². The molecular formula is C18H25N3O2S. The van der Waals surface area contributed by atoms with Gasteiger partial charge in [0, 0.05) is 32.1 Å². The number of aryl methyl sites for hydroxylation is 1. The number of thiazole rings is 1. The number of carbonyl (C=O) groups excluding carboxylic acids is 1. The average molecular weight is 347 g/mol. The fourth-order valence-electron chi connectivity index (χ4n) is 2.99. The molecule has 0 aliphatic carbocycles. The fourth-order valence-corrected chi connectivity index (χ4v) is 4.00. The molecule has 1 aromatic carbocycles. The maximum absolute atomic E-state index is 12.1. The molecule has 1 N–H and O–H groups in total. The second kappa shape index (κ2) is 8.55. The van der Waals surface area contributed by atoms with Crippen molar-refractivity contribution in [1.29, 1.82) is 0 Å². The lowest BCUT2D eigenvalue weighted by Gasteiger charge is -2.29. The minimum Gasteiger partial charge on any atom is -0.379 e. The molecule has 1 fully saturated rings. The predicted molar refractivity (Wildman–Crippen MR) is 97.4 cm³/mol. The topological polar surface area (TPSA) is 54.5 Å². The minimum atomic E-state index is 0.136. The zero-order chi connectivity index (χ0) is 16.8. The molecule has 5 nitrogen and oxygen atoms in total. The van der Waals surface area contributed by atoms with Gasteiger partial charge in [0.15, 0.2) is 0 Å². The number of aromatic nitrogens is 1. The minimum absolute atomic E-state index is 0.136. The van der Waals surface area contributed by atoms with E-state index in [9.17, 15) is 4.79 Å². The van der Waals surface area contributed by atoms with E-state index in [0.29, 0.717) is 6.42 Å². The summed E-state index contributed by atoms with van der Waals surface area (Å²) < 4.78 is 6.56. The average Bonchev–Trinajstić information content (AvgIpc) is 2.98. The third-order valence-corrected chi connectivity index (χ3v) is 5.27. The van der Waals surface area contributed by atoms with Crippen LogP contribution in [-0.4, -0.2) is 54.7 Å². The Morgan fingerprint density at radius 3 is 2.96 bits per heavy atom. The van der Waals surface area contributed by atoms with Crippen LogP contribution in [0.3, 0.4) is 0 Å². The fraction of sp³-hybridized carbons (Fsp3) is 0.556. The molecule has 1 amide bonds. The SMILES string of the molecule is C[C@@H](CN1CCOCC1)NC(=O)CCCc1nc2ccccc2s1. The summed E-state index contributed by atoms with van der Waals surface area (Å²) in [6.45, 7) is 6.47. The van der Waals surface area contributed by atoms with E-state index >= 15 is 0 Å². The van der Waals surface area contributed by atoms with Crippen LogP contribution < -0.4 is 5.32 Å². The van der Waals surface area contributed by atoms with Crippen LogP contribution in [0.2, 0.25) is 0 Å². The molecule has 0 saturated carbocycles. The lowest BCUT2D eigenvalue weighted by Crippen LogP contribution is -2.45.